The number of carboxylic acid groups (broad SMARTS) is 1. The SMILES string of the molecule is CCCCCn1c(=O)c(N=Nc2c(S(=O)(=O)O)cc3cc(S(=O)(=O)O)c(N=Nc4ccccc4C(=O)O)c(O)c3c2O)c(C)n1C. The average Bonchev–Trinajstić information content (AvgIpc) is 3.17. The van der Waals surface area contributed by atoms with Gasteiger partial charge >= 0.3 is 5.97 Å². The van der Waals surface area contributed by atoms with E-state index in [0.29, 0.717) is 30.8 Å². The second-order valence-electron chi connectivity index (χ2n) is 10.0. The molecule has 4 aromatic rings. The van der Waals surface area contributed by atoms with Crippen molar-refractivity contribution in [3.05, 3.63) is 58.0 Å². The van der Waals surface area contributed by atoms with E-state index in [-0.39, 0.29) is 16.9 Å². The summed E-state index contributed by atoms with van der Waals surface area (Å²) in [6.07, 6.45) is 2.45. The summed E-state index contributed by atoms with van der Waals surface area (Å²) >= 11 is 0. The molecular weight excluding hydrogens is 648 g/mol. The number of carboxylic acids is 1. The molecule has 0 saturated heterocycles. The van der Waals surface area contributed by atoms with Crippen molar-refractivity contribution >= 4 is 59.7 Å². The average molecular weight is 677 g/mol. The van der Waals surface area contributed by atoms with Crippen LogP contribution in [0.2, 0.25) is 0 Å². The van der Waals surface area contributed by atoms with E-state index in [1.807, 2.05) is 6.92 Å². The number of benzene rings is 3. The maximum atomic E-state index is 13.1. The third-order valence-corrected chi connectivity index (χ3v) is 8.78. The highest BCUT2D eigenvalue weighted by Gasteiger charge is 2.29. The first-order valence-corrected chi connectivity index (χ1v) is 16.3. The fourth-order valence-electron chi connectivity index (χ4n) is 4.62. The first kappa shape index (κ1) is 33.9. The van der Waals surface area contributed by atoms with Crippen molar-refractivity contribution in [1.82, 2.24) is 9.36 Å². The van der Waals surface area contributed by atoms with Crippen LogP contribution in [0.25, 0.3) is 10.8 Å². The number of rotatable bonds is 11. The lowest BCUT2D eigenvalue weighted by Crippen LogP contribution is -2.21. The van der Waals surface area contributed by atoms with Gasteiger partial charge in [0, 0.05) is 13.6 Å². The van der Waals surface area contributed by atoms with Crippen LogP contribution >= 0.6 is 0 Å². The maximum Gasteiger partial charge on any atom is 0.337 e. The molecule has 0 aliphatic carbocycles. The van der Waals surface area contributed by atoms with Crippen molar-refractivity contribution in [2.75, 3.05) is 0 Å². The Morgan fingerprint density at radius 3 is 1.89 bits per heavy atom. The lowest BCUT2D eigenvalue weighted by Gasteiger charge is -2.13. The molecule has 0 bridgehead atoms. The van der Waals surface area contributed by atoms with E-state index < -0.39 is 75.2 Å². The van der Waals surface area contributed by atoms with Gasteiger partial charge in [0.2, 0.25) is 0 Å². The molecule has 0 aliphatic heterocycles. The molecule has 46 heavy (non-hydrogen) atoms. The molecule has 0 amide bonds. The lowest BCUT2D eigenvalue weighted by atomic mass is 10.1. The highest BCUT2D eigenvalue weighted by Crippen LogP contribution is 2.50. The van der Waals surface area contributed by atoms with Crippen LogP contribution in [-0.2, 0) is 33.8 Å². The predicted octanol–water partition coefficient (Wildman–Crippen LogP) is 5.27. The third kappa shape index (κ3) is 6.52. The van der Waals surface area contributed by atoms with Gasteiger partial charge < -0.3 is 15.3 Å². The Hall–Kier alpha value is -4.98. The summed E-state index contributed by atoms with van der Waals surface area (Å²) in [6.45, 7) is 3.90. The summed E-state index contributed by atoms with van der Waals surface area (Å²) in [4.78, 5) is 22.4. The van der Waals surface area contributed by atoms with Gasteiger partial charge in [-0.2, -0.15) is 16.8 Å². The van der Waals surface area contributed by atoms with Gasteiger partial charge in [-0.3, -0.25) is 18.6 Å². The summed E-state index contributed by atoms with van der Waals surface area (Å²) in [5, 5.41) is 45.4. The smallest absolute Gasteiger partial charge is 0.337 e. The van der Waals surface area contributed by atoms with Gasteiger partial charge in [-0.25, -0.2) is 9.48 Å². The summed E-state index contributed by atoms with van der Waals surface area (Å²) in [5.74, 6) is -3.68. The summed E-state index contributed by atoms with van der Waals surface area (Å²) in [5.41, 5.74) is -2.94. The quantitative estimate of drug-likeness (QED) is 0.0775. The molecule has 0 fully saturated rings. The van der Waals surface area contributed by atoms with Gasteiger partial charge in [0.05, 0.1) is 16.6 Å². The maximum absolute atomic E-state index is 13.1. The number of phenols is 2. The van der Waals surface area contributed by atoms with Crippen LogP contribution in [0, 0.1) is 6.92 Å². The minimum Gasteiger partial charge on any atom is -0.505 e. The van der Waals surface area contributed by atoms with Gasteiger partial charge in [0.15, 0.2) is 17.2 Å². The molecule has 0 unspecified atom stereocenters. The molecule has 244 valence electrons. The number of carbonyl (C=O) groups is 1. The van der Waals surface area contributed by atoms with Crippen molar-refractivity contribution in [3.63, 3.8) is 0 Å². The first-order valence-electron chi connectivity index (χ1n) is 13.4. The molecule has 17 nitrogen and oxygen atoms in total. The van der Waals surface area contributed by atoms with E-state index in [1.54, 1.807) is 14.0 Å². The van der Waals surface area contributed by atoms with E-state index in [1.165, 1.54) is 33.6 Å². The fraction of sp³-hybridized carbons (Fsp3) is 0.259. The Balaban J connectivity index is 2.00. The van der Waals surface area contributed by atoms with Crippen molar-refractivity contribution in [2.24, 2.45) is 27.5 Å². The van der Waals surface area contributed by atoms with Crippen LogP contribution in [-0.4, -0.2) is 56.6 Å². The van der Waals surface area contributed by atoms with Crippen LogP contribution in [0.5, 0.6) is 11.5 Å². The number of hydrogen-bond donors (Lipinski definition) is 5. The zero-order valence-electron chi connectivity index (χ0n) is 24.5. The minimum absolute atomic E-state index is 0.211. The van der Waals surface area contributed by atoms with Crippen LogP contribution < -0.4 is 5.56 Å². The first-order chi connectivity index (χ1) is 21.5. The van der Waals surface area contributed by atoms with Gasteiger partial charge in [-0.05, 0) is 43.0 Å². The third-order valence-electron chi connectivity index (χ3n) is 7.05. The molecule has 0 radical (unpaired) electrons. The zero-order valence-corrected chi connectivity index (χ0v) is 26.1. The second kappa shape index (κ2) is 12.8. The van der Waals surface area contributed by atoms with Gasteiger partial charge in [0.1, 0.15) is 26.9 Å². The number of aromatic carboxylic acids is 1. The van der Waals surface area contributed by atoms with E-state index in [4.69, 9.17) is 0 Å². The molecule has 3 aromatic carbocycles. The highest BCUT2D eigenvalue weighted by molar-refractivity contribution is 7.86. The number of aromatic nitrogens is 2. The lowest BCUT2D eigenvalue weighted by molar-refractivity contribution is 0.0697. The fourth-order valence-corrected chi connectivity index (χ4v) is 5.93. The van der Waals surface area contributed by atoms with E-state index in [2.05, 4.69) is 20.5 Å². The van der Waals surface area contributed by atoms with Gasteiger partial charge in [-0.1, -0.05) is 31.9 Å². The minimum atomic E-state index is -5.22. The van der Waals surface area contributed by atoms with E-state index in [9.17, 15) is 50.8 Å². The van der Waals surface area contributed by atoms with Crippen molar-refractivity contribution in [2.45, 2.75) is 49.4 Å². The number of hydrogen-bond acceptors (Lipinski definition) is 12. The molecule has 0 saturated carbocycles. The number of phenolic OH excluding ortho intramolecular Hbond substituents is 2. The van der Waals surface area contributed by atoms with Crippen molar-refractivity contribution < 1.29 is 46.1 Å². The number of nitrogens with zero attached hydrogens (tertiary/aromatic N) is 6. The number of fused-ring (bicyclic) bond motifs is 1. The predicted molar refractivity (Wildman–Crippen MR) is 163 cm³/mol. The topological polar surface area (TPSA) is 263 Å². The second-order valence-corrected chi connectivity index (χ2v) is 12.8. The Kier molecular flexibility index (Phi) is 9.43. The van der Waals surface area contributed by atoms with Crippen LogP contribution in [0.4, 0.5) is 22.7 Å². The Morgan fingerprint density at radius 2 is 1.37 bits per heavy atom. The molecule has 0 spiro atoms. The van der Waals surface area contributed by atoms with Crippen molar-refractivity contribution in [1.29, 1.82) is 0 Å². The van der Waals surface area contributed by atoms with Gasteiger partial charge in [-0.15, -0.1) is 20.5 Å². The molecule has 19 heteroatoms. The Labute approximate surface area is 261 Å². The molecule has 5 N–H and O–H groups in total. The van der Waals surface area contributed by atoms with Crippen LogP contribution in [0.3, 0.4) is 0 Å². The standard InChI is InChI=1S/C27H28N6O11S2/c1-4-5-8-11-33-26(36)21(14(2)32(33)3)29-31-23-19(46(42,43)44)13-15-12-18(45(39,40)41)22(24(34)20(15)25(23)35)30-28-17-10-7-6-9-16(17)27(37)38/h6-7,9-10,12-13,34-35H,4-5,8,11H2,1-3H3,(H,37,38)(H,39,40,41)(H,42,43,44). The normalized spacial score (nSPS) is 12.5. The zero-order chi connectivity index (χ0) is 34.1. The van der Waals surface area contributed by atoms with Crippen LogP contribution in [0.1, 0.15) is 42.2 Å². The Bertz CT molecular complexity index is 2220. The van der Waals surface area contributed by atoms with Crippen LogP contribution in [0.15, 0.2) is 71.4 Å². The van der Waals surface area contributed by atoms with E-state index in [0.717, 1.165) is 12.8 Å². The van der Waals surface area contributed by atoms with Crippen molar-refractivity contribution in [3.8, 4) is 11.5 Å². The molecule has 0 aliphatic rings. The largest absolute Gasteiger partial charge is 0.505 e. The number of azo groups is 2. The summed E-state index contributed by atoms with van der Waals surface area (Å²) < 4.78 is 71.9. The monoisotopic (exact) mass is 676 g/mol. The molecular formula is C27H28N6O11S2. The summed E-state index contributed by atoms with van der Waals surface area (Å²) in [6, 6.07) is 6.46. The number of unbranched alkanes of at least 4 members (excludes halogenated alkanes) is 2. The van der Waals surface area contributed by atoms with E-state index >= 15 is 0 Å². The molecule has 0 atom stereocenters. The Morgan fingerprint density at radius 1 is 0.848 bits per heavy atom. The molecule has 1 heterocycles. The highest BCUT2D eigenvalue weighted by atomic mass is 32.2. The van der Waals surface area contributed by atoms with Gasteiger partial charge in [0.25, 0.3) is 25.8 Å². The molecule has 4 rings (SSSR count). The summed E-state index contributed by atoms with van der Waals surface area (Å²) in [7, 11) is -8.83. The molecule has 1 aromatic heterocycles. The number of aromatic hydroxyl groups is 2.